The Kier molecular flexibility index (Phi) is 7.49. The van der Waals surface area contributed by atoms with Gasteiger partial charge in [-0.15, -0.1) is 0 Å². The zero-order valence-corrected chi connectivity index (χ0v) is 17.3. The molecule has 0 aliphatic heterocycles. The molecule has 0 heterocycles. The van der Waals surface area contributed by atoms with Crippen LogP contribution in [0.4, 0.5) is 11.4 Å². The van der Waals surface area contributed by atoms with Crippen molar-refractivity contribution >= 4 is 50.5 Å². The van der Waals surface area contributed by atoms with E-state index in [4.69, 9.17) is 23.2 Å². The zero-order chi connectivity index (χ0) is 20.0. The van der Waals surface area contributed by atoms with E-state index in [-0.39, 0.29) is 17.3 Å². The van der Waals surface area contributed by atoms with Gasteiger partial charge in [0.15, 0.2) is 0 Å². The number of amides is 1. The number of anilines is 2. The van der Waals surface area contributed by atoms with Crippen LogP contribution in [0.1, 0.15) is 13.8 Å². The molecule has 6 nitrogen and oxygen atoms in total. The molecule has 0 saturated carbocycles. The highest BCUT2D eigenvalue weighted by Crippen LogP contribution is 2.25. The van der Waals surface area contributed by atoms with Gasteiger partial charge < -0.3 is 10.6 Å². The number of halogens is 2. The first kappa shape index (κ1) is 21.5. The Labute approximate surface area is 169 Å². The van der Waals surface area contributed by atoms with Crippen molar-refractivity contribution in [2.24, 2.45) is 0 Å². The fourth-order valence-corrected chi connectivity index (χ4v) is 4.22. The summed E-state index contributed by atoms with van der Waals surface area (Å²) < 4.78 is 26.3. The van der Waals surface area contributed by atoms with Crippen LogP contribution in [0.3, 0.4) is 0 Å². The SMILES string of the molecule is CCN(CC)S(=O)(=O)c1ccc(NCC(=O)Nc2cc(Cl)ccc2Cl)cc1. The van der Waals surface area contributed by atoms with Gasteiger partial charge in [-0.1, -0.05) is 37.0 Å². The maximum absolute atomic E-state index is 12.5. The van der Waals surface area contributed by atoms with Crippen molar-refractivity contribution in [2.45, 2.75) is 18.7 Å². The van der Waals surface area contributed by atoms with E-state index in [0.717, 1.165) is 0 Å². The van der Waals surface area contributed by atoms with E-state index in [0.29, 0.717) is 34.5 Å². The minimum atomic E-state index is -3.50. The molecule has 0 atom stereocenters. The fourth-order valence-electron chi connectivity index (χ4n) is 2.43. The molecule has 2 aromatic rings. The van der Waals surface area contributed by atoms with Crippen molar-refractivity contribution in [1.82, 2.24) is 4.31 Å². The van der Waals surface area contributed by atoms with E-state index in [1.165, 1.54) is 16.4 Å². The van der Waals surface area contributed by atoms with Crippen LogP contribution >= 0.6 is 23.2 Å². The summed E-state index contributed by atoms with van der Waals surface area (Å²) >= 11 is 11.9. The summed E-state index contributed by atoms with van der Waals surface area (Å²) in [4.78, 5) is 12.3. The molecule has 0 fully saturated rings. The Hall–Kier alpha value is -1.80. The lowest BCUT2D eigenvalue weighted by atomic mass is 10.3. The summed E-state index contributed by atoms with van der Waals surface area (Å²) in [7, 11) is -3.50. The summed E-state index contributed by atoms with van der Waals surface area (Å²) in [5, 5.41) is 6.46. The second kappa shape index (κ2) is 9.41. The highest BCUT2D eigenvalue weighted by molar-refractivity contribution is 7.89. The molecule has 0 spiro atoms. The largest absolute Gasteiger partial charge is 0.376 e. The fraction of sp³-hybridized carbons (Fsp3) is 0.278. The van der Waals surface area contributed by atoms with Crippen LogP contribution in [0.15, 0.2) is 47.4 Å². The lowest BCUT2D eigenvalue weighted by molar-refractivity contribution is -0.114. The standard InChI is InChI=1S/C18H21Cl2N3O3S/c1-3-23(4-2)27(25,26)15-8-6-14(7-9-15)21-12-18(24)22-17-11-13(19)5-10-16(17)20/h5-11,21H,3-4,12H2,1-2H3,(H,22,24). The van der Waals surface area contributed by atoms with Crippen molar-refractivity contribution in [1.29, 1.82) is 0 Å². The third kappa shape index (κ3) is 5.59. The number of sulfonamides is 1. The van der Waals surface area contributed by atoms with Gasteiger partial charge in [-0.2, -0.15) is 4.31 Å². The van der Waals surface area contributed by atoms with Gasteiger partial charge in [-0.25, -0.2) is 8.42 Å². The number of nitrogens with one attached hydrogen (secondary N) is 2. The van der Waals surface area contributed by atoms with Gasteiger partial charge in [0.25, 0.3) is 0 Å². The van der Waals surface area contributed by atoms with Gasteiger partial charge in [0, 0.05) is 23.8 Å². The van der Waals surface area contributed by atoms with E-state index in [9.17, 15) is 13.2 Å². The molecule has 9 heteroatoms. The van der Waals surface area contributed by atoms with E-state index >= 15 is 0 Å². The number of nitrogens with zero attached hydrogens (tertiary/aromatic N) is 1. The third-order valence-corrected chi connectivity index (χ3v) is 6.48. The number of hydrogen-bond donors (Lipinski definition) is 2. The maximum atomic E-state index is 12.5. The molecule has 2 rings (SSSR count). The molecule has 0 aromatic heterocycles. The summed E-state index contributed by atoms with van der Waals surface area (Å²) in [6, 6.07) is 11.1. The van der Waals surface area contributed by atoms with Gasteiger partial charge in [0.2, 0.25) is 15.9 Å². The number of rotatable bonds is 8. The minimum Gasteiger partial charge on any atom is -0.376 e. The first-order chi connectivity index (χ1) is 12.8. The van der Waals surface area contributed by atoms with Crippen molar-refractivity contribution in [3.05, 3.63) is 52.5 Å². The molecule has 1 amide bonds. The highest BCUT2D eigenvalue weighted by Gasteiger charge is 2.21. The quantitative estimate of drug-likeness (QED) is 0.662. The second-order valence-corrected chi connectivity index (χ2v) is 8.42. The molecule has 146 valence electrons. The highest BCUT2D eigenvalue weighted by atomic mass is 35.5. The van der Waals surface area contributed by atoms with Crippen LogP contribution in [-0.4, -0.2) is 38.3 Å². The van der Waals surface area contributed by atoms with Gasteiger partial charge in [-0.05, 0) is 42.5 Å². The van der Waals surface area contributed by atoms with Crippen molar-refractivity contribution in [2.75, 3.05) is 30.3 Å². The summed E-state index contributed by atoms with van der Waals surface area (Å²) in [6.07, 6.45) is 0. The topological polar surface area (TPSA) is 78.5 Å². The van der Waals surface area contributed by atoms with E-state index in [1.54, 1.807) is 44.2 Å². The van der Waals surface area contributed by atoms with Crippen molar-refractivity contribution in [3.63, 3.8) is 0 Å². The number of carbonyl (C=O) groups is 1. The molecule has 0 radical (unpaired) electrons. The van der Waals surface area contributed by atoms with Crippen LogP contribution in [0, 0.1) is 0 Å². The molecule has 0 unspecified atom stereocenters. The van der Waals surface area contributed by atoms with Crippen LogP contribution in [0.2, 0.25) is 10.0 Å². The van der Waals surface area contributed by atoms with Crippen molar-refractivity contribution < 1.29 is 13.2 Å². The number of carbonyl (C=O) groups excluding carboxylic acids is 1. The summed E-state index contributed by atoms with van der Waals surface area (Å²) in [6.45, 7) is 4.39. The van der Waals surface area contributed by atoms with Gasteiger partial charge in [-0.3, -0.25) is 4.79 Å². The summed E-state index contributed by atoms with van der Waals surface area (Å²) in [5.41, 5.74) is 1.05. The number of hydrogen-bond acceptors (Lipinski definition) is 4. The molecule has 2 N–H and O–H groups in total. The Morgan fingerprint density at radius 2 is 1.67 bits per heavy atom. The summed E-state index contributed by atoms with van der Waals surface area (Å²) in [5.74, 6) is -0.306. The predicted molar refractivity (Wildman–Crippen MR) is 110 cm³/mol. The average Bonchev–Trinajstić information content (AvgIpc) is 2.64. The van der Waals surface area contributed by atoms with Gasteiger partial charge >= 0.3 is 0 Å². The molecule has 0 aliphatic rings. The first-order valence-corrected chi connectivity index (χ1v) is 10.6. The van der Waals surface area contributed by atoms with E-state index < -0.39 is 10.0 Å². The van der Waals surface area contributed by atoms with Crippen LogP contribution in [-0.2, 0) is 14.8 Å². The lowest BCUT2D eigenvalue weighted by Gasteiger charge is -2.18. The molecule has 0 bridgehead atoms. The monoisotopic (exact) mass is 429 g/mol. The number of benzene rings is 2. The molecule has 0 saturated heterocycles. The molecule has 27 heavy (non-hydrogen) atoms. The Balaban J connectivity index is 1.99. The zero-order valence-electron chi connectivity index (χ0n) is 15.0. The van der Waals surface area contributed by atoms with Gasteiger partial charge in [0.1, 0.15) is 0 Å². The molecule has 2 aromatic carbocycles. The average molecular weight is 430 g/mol. The van der Waals surface area contributed by atoms with Crippen LogP contribution < -0.4 is 10.6 Å². The van der Waals surface area contributed by atoms with Crippen molar-refractivity contribution in [3.8, 4) is 0 Å². The van der Waals surface area contributed by atoms with E-state index in [2.05, 4.69) is 10.6 Å². The van der Waals surface area contributed by atoms with Gasteiger partial charge in [0.05, 0.1) is 22.2 Å². The first-order valence-electron chi connectivity index (χ1n) is 8.37. The van der Waals surface area contributed by atoms with E-state index in [1.807, 2.05) is 0 Å². The Bertz CT molecular complexity index is 899. The predicted octanol–water partition coefficient (Wildman–Crippen LogP) is 4.07. The lowest BCUT2D eigenvalue weighted by Crippen LogP contribution is -2.30. The third-order valence-electron chi connectivity index (χ3n) is 3.85. The molecule has 0 aliphatic carbocycles. The smallest absolute Gasteiger partial charge is 0.243 e. The van der Waals surface area contributed by atoms with Crippen LogP contribution in [0.5, 0.6) is 0 Å². The molecular weight excluding hydrogens is 409 g/mol. The Morgan fingerprint density at radius 1 is 1.04 bits per heavy atom. The molecular formula is C18H21Cl2N3O3S. The minimum absolute atomic E-state index is 0.00894. The second-order valence-electron chi connectivity index (χ2n) is 5.64. The normalized spacial score (nSPS) is 11.4. The Morgan fingerprint density at radius 3 is 2.26 bits per heavy atom. The van der Waals surface area contributed by atoms with Crippen LogP contribution in [0.25, 0.3) is 0 Å². The maximum Gasteiger partial charge on any atom is 0.243 e.